The summed E-state index contributed by atoms with van der Waals surface area (Å²) in [4.78, 5) is 24.2. The van der Waals surface area contributed by atoms with Gasteiger partial charge in [0, 0.05) is 10.5 Å². The molecule has 3 rings (SSSR count). The number of sulfonamides is 1. The first-order valence-corrected chi connectivity index (χ1v) is 10.8. The maximum atomic E-state index is 12.5. The Hall–Kier alpha value is -2.17. The number of furan rings is 1. The Kier molecular flexibility index (Phi) is 5.92. The lowest BCUT2D eigenvalue weighted by atomic mass is 10.2. The molecule has 150 valence electrons. The first-order chi connectivity index (χ1) is 13.2. The van der Waals surface area contributed by atoms with Crippen LogP contribution in [0.1, 0.15) is 45.1 Å². The van der Waals surface area contributed by atoms with Crippen LogP contribution in [0.25, 0.3) is 0 Å². The maximum absolute atomic E-state index is 12.5. The Morgan fingerprint density at radius 1 is 1.25 bits per heavy atom. The highest BCUT2D eigenvalue weighted by molar-refractivity contribution is 9.10. The van der Waals surface area contributed by atoms with Crippen LogP contribution in [-0.2, 0) is 21.3 Å². The van der Waals surface area contributed by atoms with E-state index in [9.17, 15) is 18.0 Å². The molecular formula is C18H19BrN2O6S. The molecule has 1 heterocycles. The van der Waals surface area contributed by atoms with Crippen LogP contribution < -0.4 is 10.0 Å². The van der Waals surface area contributed by atoms with Gasteiger partial charge in [0.25, 0.3) is 5.91 Å². The fraction of sp³-hybridized carbons (Fsp3) is 0.333. The third kappa shape index (κ3) is 4.62. The topological polar surface area (TPSA) is 115 Å². The quantitative estimate of drug-likeness (QED) is 0.600. The second kappa shape index (κ2) is 8.06. The number of esters is 1. The number of nitrogens with one attached hydrogen (secondary N) is 2. The normalized spacial score (nSPS) is 14.0. The van der Waals surface area contributed by atoms with Gasteiger partial charge in [-0.05, 0) is 60.0 Å². The zero-order valence-electron chi connectivity index (χ0n) is 15.2. The van der Waals surface area contributed by atoms with Crippen LogP contribution in [0.15, 0.2) is 38.1 Å². The molecule has 0 aliphatic heterocycles. The van der Waals surface area contributed by atoms with Gasteiger partial charge in [0.2, 0.25) is 10.0 Å². The van der Waals surface area contributed by atoms with Crippen molar-refractivity contribution in [3.8, 4) is 0 Å². The van der Waals surface area contributed by atoms with Crippen LogP contribution >= 0.6 is 15.9 Å². The number of rotatable bonds is 7. The summed E-state index contributed by atoms with van der Waals surface area (Å²) in [6.45, 7) is 1.65. The van der Waals surface area contributed by atoms with Crippen LogP contribution in [0, 0.1) is 6.92 Å². The van der Waals surface area contributed by atoms with Crippen molar-refractivity contribution in [3.63, 3.8) is 0 Å². The molecule has 2 N–H and O–H groups in total. The molecule has 1 aliphatic rings. The van der Waals surface area contributed by atoms with Crippen molar-refractivity contribution < 1.29 is 27.2 Å². The molecule has 1 fully saturated rings. The number of ether oxygens (including phenoxy) is 1. The molecule has 1 amide bonds. The van der Waals surface area contributed by atoms with Crippen molar-refractivity contribution in [2.24, 2.45) is 0 Å². The lowest BCUT2D eigenvalue weighted by Crippen LogP contribution is -2.27. The van der Waals surface area contributed by atoms with E-state index in [2.05, 4.69) is 30.7 Å². The van der Waals surface area contributed by atoms with Crippen molar-refractivity contribution in [2.45, 2.75) is 37.2 Å². The van der Waals surface area contributed by atoms with Gasteiger partial charge in [0.1, 0.15) is 17.1 Å². The van der Waals surface area contributed by atoms with Crippen molar-refractivity contribution in [3.05, 3.63) is 51.4 Å². The van der Waals surface area contributed by atoms with E-state index in [-0.39, 0.29) is 28.6 Å². The van der Waals surface area contributed by atoms with Gasteiger partial charge in [-0.1, -0.05) is 0 Å². The van der Waals surface area contributed by atoms with Gasteiger partial charge in [-0.15, -0.1) is 0 Å². The van der Waals surface area contributed by atoms with E-state index in [0.29, 0.717) is 16.0 Å². The summed E-state index contributed by atoms with van der Waals surface area (Å²) in [5.74, 6) is -0.246. The lowest BCUT2D eigenvalue weighted by Gasteiger charge is -2.10. The van der Waals surface area contributed by atoms with E-state index in [4.69, 9.17) is 4.42 Å². The van der Waals surface area contributed by atoms with E-state index in [1.54, 1.807) is 6.92 Å². The largest absolute Gasteiger partial charge is 0.465 e. The van der Waals surface area contributed by atoms with E-state index in [0.717, 1.165) is 12.8 Å². The Morgan fingerprint density at radius 2 is 1.96 bits per heavy atom. The zero-order valence-corrected chi connectivity index (χ0v) is 17.6. The summed E-state index contributed by atoms with van der Waals surface area (Å²) in [5, 5.41) is 2.66. The van der Waals surface area contributed by atoms with Gasteiger partial charge in [0.15, 0.2) is 0 Å². The number of hydrogen-bond acceptors (Lipinski definition) is 6. The van der Waals surface area contributed by atoms with E-state index < -0.39 is 21.9 Å². The molecule has 1 saturated carbocycles. The smallest absolute Gasteiger partial charge is 0.341 e. The molecule has 10 heteroatoms. The maximum Gasteiger partial charge on any atom is 0.341 e. The molecule has 0 atom stereocenters. The third-order valence-electron chi connectivity index (χ3n) is 4.19. The minimum Gasteiger partial charge on any atom is -0.465 e. The first kappa shape index (κ1) is 20.6. The fourth-order valence-electron chi connectivity index (χ4n) is 2.54. The summed E-state index contributed by atoms with van der Waals surface area (Å²) in [5.41, 5.74) is 0.460. The van der Waals surface area contributed by atoms with Crippen LogP contribution in [0.5, 0.6) is 0 Å². The molecule has 1 aliphatic carbocycles. The van der Waals surface area contributed by atoms with Gasteiger partial charge < -0.3 is 14.5 Å². The van der Waals surface area contributed by atoms with Gasteiger partial charge in [-0.2, -0.15) is 0 Å². The summed E-state index contributed by atoms with van der Waals surface area (Å²) in [6.07, 6.45) is 1.64. The van der Waals surface area contributed by atoms with E-state index in [1.807, 2.05) is 0 Å². The number of benzene rings is 1. The standard InChI is InChI=1S/C18H19BrN2O6S/c1-10-14(18(23)26-2)7-12(27-10)9-20-17(22)15-8-13(5-6-16(15)19)28(24,25)21-11-3-4-11/h5-8,11,21H,3-4,9H2,1-2H3,(H,20,22). The molecule has 8 nitrogen and oxygen atoms in total. The number of carbonyl (C=O) groups is 2. The van der Waals surface area contributed by atoms with E-state index >= 15 is 0 Å². The number of amides is 1. The highest BCUT2D eigenvalue weighted by Gasteiger charge is 2.28. The van der Waals surface area contributed by atoms with Crippen LogP contribution in [0.4, 0.5) is 0 Å². The molecule has 1 aromatic carbocycles. The minimum absolute atomic E-state index is 0.0228. The number of carbonyl (C=O) groups excluding carboxylic acids is 2. The van der Waals surface area contributed by atoms with Crippen LogP contribution in [-0.4, -0.2) is 33.4 Å². The Labute approximate surface area is 170 Å². The number of hydrogen-bond donors (Lipinski definition) is 2. The fourth-order valence-corrected chi connectivity index (χ4v) is 4.30. The van der Waals surface area contributed by atoms with Crippen molar-refractivity contribution in [1.29, 1.82) is 0 Å². The molecule has 0 saturated heterocycles. The molecule has 0 radical (unpaired) electrons. The lowest BCUT2D eigenvalue weighted by molar-refractivity contribution is 0.0598. The average molecular weight is 471 g/mol. The first-order valence-electron chi connectivity index (χ1n) is 8.49. The SMILES string of the molecule is COC(=O)c1cc(CNC(=O)c2cc(S(=O)(=O)NC3CC3)ccc2Br)oc1C. The molecule has 2 aromatic rings. The van der Waals surface area contributed by atoms with Crippen LogP contribution in [0.3, 0.4) is 0 Å². The molecule has 0 unspecified atom stereocenters. The summed E-state index contributed by atoms with van der Waals surface area (Å²) in [7, 11) is -2.40. The highest BCUT2D eigenvalue weighted by atomic mass is 79.9. The second-order valence-corrected chi connectivity index (χ2v) is 8.96. The predicted octanol–water partition coefficient (Wildman–Crippen LogP) is 2.51. The summed E-state index contributed by atoms with van der Waals surface area (Å²) < 4.78 is 37.9. The van der Waals surface area contributed by atoms with E-state index in [1.165, 1.54) is 31.4 Å². The number of halogens is 1. The Balaban J connectivity index is 1.74. The van der Waals surface area contributed by atoms with Crippen molar-refractivity contribution in [1.82, 2.24) is 10.0 Å². The van der Waals surface area contributed by atoms with Crippen molar-refractivity contribution >= 4 is 37.8 Å². The zero-order chi connectivity index (χ0) is 20.5. The van der Waals surface area contributed by atoms with Gasteiger partial charge in [-0.3, -0.25) is 4.79 Å². The van der Waals surface area contributed by atoms with Gasteiger partial charge in [-0.25, -0.2) is 17.9 Å². The summed E-state index contributed by atoms with van der Waals surface area (Å²) >= 11 is 3.27. The molecular weight excluding hydrogens is 452 g/mol. The Bertz CT molecular complexity index is 1030. The average Bonchev–Trinajstić information content (AvgIpc) is 3.37. The molecule has 28 heavy (non-hydrogen) atoms. The number of aryl methyl sites for hydroxylation is 1. The van der Waals surface area contributed by atoms with Crippen molar-refractivity contribution in [2.75, 3.05) is 7.11 Å². The molecule has 0 spiro atoms. The predicted molar refractivity (Wildman–Crippen MR) is 103 cm³/mol. The van der Waals surface area contributed by atoms with Crippen LogP contribution in [0.2, 0.25) is 0 Å². The minimum atomic E-state index is -3.67. The van der Waals surface area contributed by atoms with Gasteiger partial charge in [0.05, 0.1) is 24.1 Å². The summed E-state index contributed by atoms with van der Waals surface area (Å²) in [6, 6.07) is 5.73. The molecule has 1 aromatic heterocycles. The number of methoxy groups -OCH3 is 1. The highest BCUT2D eigenvalue weighted by Crippen LogP contribution is 2.25. The van der Waals surface area contributed by atoms with Gasteiger partial charge >= 0.3 is 5.97 Å². The second-order valence-electron chi connectivity index (χ2n) is 6.39. The molecule has 0 bridgehead atoms. The monoisotopic (exact) mass is 470 g/mol. The Morgan fingerprint density at radius 3 is 2.61 bits per heavy atom. The third-order valence-corrected chi connectivity index (χ3v) is 6.40.